The highest BCUT2D eigenvalue weighted by atomic mass is 16.2. The molecule has 0 aromatic heterocycles. The monoisotopic (exact) mass is 367 g/mol. The van der Waals surface area contributed by atoms with Crippen molar-refractivity contribution in [1.29, 1.82) is 0 Å². The van der Waals surface area contributed by atoms with E-state index in [-0.39, 0.29) is 18.2 Å². The van der Waals surface area contributed by atoms with E-state index in [0.717, 1.165) is 30.0 Å². The number of carbonyl (C=O) groups is 2. The maximum atomic E-state index is 12.6. The van der Waals surface area contributed by atoms with Crippen LogP contribution in [-0.2, 0) is 9.59 Å². The Kier molecular flexibility index (Phi) is 7.41. The molecule has 0 aliphatic heterocycles. The maximum Gasteiger partial charge on any atom is 0.236 e. The Labute approximate surface area is 162 Å². The van der Waals surface area contributed by atoms with Crippen LogP contribution in [0.15, 0.2) is 48.5 Å². The predicted molar refractivity (Wildman–Crippen MR) is 112 cm³/mol. The lowest BCUT2D eigenvalue weighted by Crippen LogP contribution is -2.33. The second kappa shape index (κ2) is 9.76. The van der Waals surface area contributed by atoms with Crippen molar-refractivity contribution in [2.75, 3.05) is 34.8 Å². The average Bonchev–Trinajstić information content (AvgIpc) is 2.64. The van der Waals surface area contributed by atoms with Crippen LogP contribution in [-0.4, -0.2) is 31.4 Å². The molecule has 144 valence electrons. The molecule has 2 rings (SSSR count). The van der Waals surface area contributed by atoms with E-state index in [9.17, 15) is 9.59 Å². The van der Waals surface area contributed by atoms with Gasteiger partial charge in [-0.15, -0.1) is 0 Å². The fraction of sp³-hybridized carbons (Fsp3) is 0.364. The van der Waals surface area contributed by atoms with Crippen molar-refractivity contribution in [3.05, 3.63) is 54.1 Å². The van der Waals surface area contributed by atoms with Crippen LogP contribution < -0.4 is 15.1 Å². The molecule has 0 radical (unpaired) electrons. The number of amides is 2. The summed E-state index contributed by atoms with van der Waals surface area (Å²) in [6, 6.07) is 15.4. The topological polar surface area (TPSA) is 52.7 Å². The zero-order valence-corrected chi connectivity index (χ0v) is 16.7. The molecule has 5 heteroatoms. The first-order valence-electron chi connectivity index (χ1n) is 9.50. The third kappa shape index (κ3) is 5.58. The molecule has 27 heavy (non-hydrogen) atoms. The van der Waals surface area contributed by atoms with Gasteiger partial charge in [-0.25, -0.2) is 0 Å². The van der Waals surface area contributed by atoms with Crippen LogP contribution in [0.5, 0.6) is 0 Å². The first-order valence-corrected chi connectivity index (χ1v) is 9.50. The van der Waals surface area contributed by atoms with Crippen molar-refractivity contribution in [1.82, 2.24) is 0 Å². The summed E-state index contributed by atoms with van der Waals surface area (Å²) < 4.78 is 0. The predicted octanol–water partition coefficient (Wildman–Crippen LogP) is 4.22. The van der Waals surface area contributed by atoms with Crippen LogP contribution in [0.4, 0.5) is 17.1 Å². The SMILES string of the molecule is CCN(CC)c1ccc(NC(=O)CC(=O)N(CC)c2cccc(C)c2)cc1. The summed E-state index contributed by atoms with van der Waals surface area (Å²) in [6.45, 7) is 10.5. The van der Waals surface area contributed by atoms with Crippen LogP contribution in [0.2, 0.25) is 0 Å². The second-order valence-electron chi connectivity index (χ2n) is 6.42. The summed E-state index contributed by atoms with van der Waals surface area (Å²) in [7, 11) is 0. The number of nitrogens with zero attached hydrogens (tertiary/aromatic N) is 2. The van der Waals surface area contributed by atoms with E-state index in [1.165, 1.54) is 0 Å². The highest BCUT2D eigenvalue weighted by Gasteiger charge is 2.18. The molecular formula is C22H29N3O2. The first kappa shape index (κ1) is 20.5. The minimum absolute atomic E-state index is 0.181. The van der Waals surface area contributed by atoms with Gasteiger partial charge in [-0.2, -0.15) is 0 Å². The first-order chi connectivity index (χ1) is 13.0. The molecule has 0 atom stereocenters. The Balaban J connectivity index is 1.98. The summed E-state index contributed by atoms with van der Waals surface area (Å²) in [5.74, 6) is -0.512. The quantitative estimate of drug-likeness (QED) is 0.711. The lowest BCUT2D eigenvalue weighted by Gasteiger charge is -2.22. The summed E-state index contributed by atoms with van der Waals surface area (Å²) >= 11 is 0. The van der Waals surface area contributed by atoms with E-state index < -0.39 is 0 Å². The van der Waals surface area contributed by atoms with Crippen LogP contribution in [0.25, 0.3) is 0 Å². The normalized spacial score (nSPS) is 10.4. The number of benzene rings is 2. The zero-order valence-electron chi connectivity index (χ0n) is 16.7. The van der Waals surface area contributed by atoms with Gasteiger partial charge in [-0.1, -0.05) is 12.1 Å². The number of anilines is 3. The van der Waals surface area contributed by atoms with Crippen molar-refractivity contribution in [3.63, 3.8) is 0 Å². The zero-order chi connectivity index (χ0) is 19.8. The van der Waals surface area contributed by atoms with Gasteiger partial charge in [0.25, 0.3) is 0 Å². The number of hydrogen-bond donors (Lipinski definition) is 1. The molecule has 2 amide bonds. The Morgan fingerprint density at radius 1 is 0.889 bits per heavy atom. The molecule has 1 N–H and O–H groups in total. The Hall–Kier alpha value is -2.82. The number of aryl methyl sites for hydroxylation is 1. The Morgan fingerprint density at radius 2 is 1.56 bits per heavy atom. The van der Waals surface area contributed by atoms with Gasteiger partial charge in [0.2, 0.25) is 11.8 Å². The highest BCUT2D eigenvalue weighted by molar-refractivity contribution is 6.09. The molecule has 0 aliphatic rings. The number of nitrogens with one attached hydrogen (secondary N) is 1. The minimum atomic E-state index is -0.304. The van der Waals surface area contributed by atoms with Crippen LogP contribution in [0, 0.1) is 6.92 Å². The van der Waals surface area contributed by atoms with Gasteiger partial charge in [-0.05, 0) is 69.7 Å². The lowest BCUT2D eigenvalue weighted by atomic mass is 10.2. The van der Waals surface area contributed by atoms with Gasteiger partial charge >= 0.3 is 0 Å². The van der Waals surface area contributed by atoms with E-state index in [0.29, 0.717) is 12.2 Å². The standard InChI is InChI=1S/C22H29N3O2/c1-5-24(6-2)19-13-11-18(12-14-19)23-21(26)16-22(27)25(7-3)20-10-8-9-17(4)15-20/h8-15H,5-7,16H2,1-4H3,(H,23,26). The van der Waals surface area contributed by atoms with Crippen molar-refractivity contribution >= 4 is 28.9 Å². The molecule has 2 aromatic carbocycles. The van der Waals surface area contributed by atoms with Crippen molar-refractivity contribution in [2.45, 2.75) is 34.1 Å². The fourth-order valence-electron chi connectivity index (χ4n) is 3.08. The number of carbonyl (C=O) groups excluding carboxylic acids is 2. The molecule has 0 unspecified atom stereocenters. The third-order valence-corrected chi connectivity index (χ3v) is 4.52. The molecule has 0 aliphatic carbocycles. The van der Waals surface area contributed by atoms with Crippen molar-refractivity contribution < 1.29 is 9.59 Å². The smallest absolute Gasteiger partial charge is 0.236 e. The molecule has 0 fully saturated rings. The summed E-state index contributed by atoms with van der Waals surface area (Å²) in [5.41, 5.74) is 3.71. The van der Waals surface area contributed by atoms with Gasteiger partial charge in [0.05, 0.1) is 0 Å². The fourth-order valence-corrected chi connectivity index (χ4v) is 3.08. The molecule has 0 saturated heterocycles. The summed E-state index contributed by atoms with van der Waals surface area (Å²) in [4.78, 5) is 28.7. The molecule has 0 saturated carbocycles. The van der Waals surface area contributed by atoms with Crippen LogP contribution in [0.1, 0.15) is 32.8 Å². The van der Waals surface area contributed by atoms with Crippen LogP contribution >= 0.6 is 0 Å². The van der Waals surface area contributed by atoms with Crippen molar-refractivity contribution in [2.24, 2.45) is 0 Å². The second-order valence-corrected chi connectivity index (χ2v) is 6.42. The average molecular weight is 367 g/mol. The van der Waals surface area contributed by atoms with Crippen molar-refractivity contribution in [3.8, 4) is 0 Å². The van der Waals surface area contributed by atoms with Gasteiger partial charge in [-0.3, -0.25) is 9.59 Å². The van der Waals surface area contributed by atoms with Gasteiger partial charge in [0.15, 0.2) is 0 Å². The summed E-state index contributed by atoms with van der Waals surface area (Å²) in [6.07, 6.45) is -0.181. The van der Waals surface area contributed by atoms with E-state index in [1.807, 2.05) is 62.4 Å². The van der Waals surface area contributed by atoms with Gasteiger partial charge < -0.3 is 15.1 Å². The molecule has 2 aromatic rings. The maximum absolute atomic E-state index is 12.6. The van der Waals surface area contributed by atoms with E-state index >= 15 is 0 Å². The summed E-state index contributed by atoms with van der Waals surface area (Å²) in [5, 5.41) is 2.81. The van der Waals surface area contributed by atoms with Gasteiger partial charge in [0.1, 0.15) is 6.42 Å². The highest BCUT2D eigenvalue weighted by Crippen LogP contribution is 2.19. The van der Waals surface area contributed by atoms with Crippen LogP contribution in [0.3, 0.4) is 0 Å². The molecule has 0 bridgehead atoms. The Morgan fingerprint density at radius 3 is 2.11 bits per heavy atom. The third-order valence-electron chi connectivity index (χ3n) is 4.52. The van der Waals surface area contributed by atoms with E-state index in [2.05, 4.69) is 24.1 Å². The minimum Gasteiger partial charge on any atom is -0.372 e. The Bertz CT molecular complexity index is 767. The number of hydrogen-bond acceptors (Lipinski definition) is 3. The van der Waals surface area contributed by atoms with E-state index in [4.69, 9.17) is 0 Å². The largest absolute Gasteiger partial charge is 0.372 e. The van der Waals surface area contributed by atoms with E-state index in [1.54, 1.807) is 4.90 Å². The molecule has 0 heterocycles. The lowest BCUT2D eigenvalue weighted by molar-refractivity contribution is -0.125. The molecule has 0 spiro atoms. The molecule has 5 nitrogen and oxygen atoms in total. The molecular weight excluding hydrogens is 338 g/mol. The van der Waals surface area contributed by atoms with Gasteiger partial charge in [0, 0.05) is 36.7 Å². The number of rotatable bonds is 8.